The van der Waals surface area contributed by atoms with E-state index in [1.54, 1.807) is 30.3 Å². The number of aromatic hydroxyl groups is 1. The smallest absolute Gasteiger partial charge is 0.407 e. The first-order valence-electron chi connectivity index (χ1n) is 10.1. The summed E-state index contributed by atoms with van der Waals surface area (Å²) in [7, 11) is 3.02. The van der Waals surface area contributed by atoms with Gasteiger partial charge in [0.15, 0.2) is 0 Å². The highest BCUT2D eigenvalue weighted by atomic mass is 16.5. The van der Waals surface area contributed by atoms with E-state index in [0.29, 0.717) is 18.1 Å². The minimum atomic E-state index is -0.664. The molecule has 30 heavy (non-hydrogen) atoms. The lowest BCUT2D eigenvalue weighted by Gasteiger charge is -2.30. The molecule has 0 spiro atoms. The first kappa shape index (κ1) is 21.5. The van der Waals surface area contributed by atoms with E-state index in [0.717, 1.165) is 24.1 Å². The van der Waals surface area contributed by atoms with Crippen molar-refractivity contribution in [3.8, 4) is 17.0 Å². The van der Waals surface area contributed by atoms with Gasteiger partial charge in [0.05, 0.1) is 30.7 Å². The van der Waals surface area contributed by atoms with E-state index in [1.807, 2.05) is 19.9 Å². The van der Waals surface area contributed by atoms with Crippen molar-refractivity contribution >= 4 is 17.7 Å². The van der Waals surface area contributed by atoms with Gasteiger partial charge in [0.25, 0.3) is 0 Å². The van der Waals surface area contributed by atoms with Gasteiger partial charge in [-0.15, -0.1) is 0 Å². The predicted molar refractivity (Wildman–Crippen MR) is 113 cm³/mol. The SMILES string of the molecule is CNc1cc(-c2cnc([C@@H]3CCCN3C(=O)[C@@H](NC(=O)OC)C(C)C)[nH]2)ccc1O. The third-order valence-electron chi connectivity index (χ3n) is 5.42. The van der Waals surface area contributed by atoms with Crippen molar-refractivity contribution < 1.29 is 19.4 Å². The molecule has 2 aromatic rings. The summed E-state index contributed by atoms with van der Waals surface area (Å²) in [6.45, 7) is 4.38. The molecule has 1 aliphatic rings. The summed E-state index contributed by atoms with van der Waals surface area (Å²) in [5, 5.41) is 15.5. The van der Waals surface area contributed by atoms with Crippen LogP contribution in [0.25, 0.3) is 11.3 Å². The summed E-state index contributed by atoms with van der Waals surface area (Å²) in [6.07, 6.45) is 2.76. The van der Waals surface area contributed by atoms with Gasteiger partial charge in [-0.05, 0) is 37.0 Å². The van der Waals surface area contributed by atoms with Crippen molar-refractivity contribution in [2.45, 2.75) is 38.8 Å². The van der Waals surface area contributed by atoms with Crippen LogP contribution < -0.4 is 10.6 Å². The molecule has 9 heteroatoms. The fourth-order valence-electron chi connectivity index (χ4n) is 3.75. The quantitative estimate of drug-likeness (QED) is 0.539. The van der Waals surface area contributed by atoms with Crippen LogP contribution in [-0.2, 0) is 9.53 Å². The Balaban J connectivity index is 1.82. The first-order chi connectivity index (χ1) is 14.3. The Bertz CT molecular complexity index is 911. The normalized spacial score (nSPS) is 17.1. The number of phenols is 1. The number of carbonyl (C=O) groups excluding carboxylic acids is 2. The van der Waals surface area contributed by atoms with Crippen LogP contribution in [0.5, 0.6) is 5.75 Å². The highest BCUT2D eigenvalue weighted by Gasteiger charge is 2.37. The maximum Gasteiger partial charge on any atom is 0.407 e. The summed E-state index contributed by atoms with van der Waals surface area (Å²) in [6, 6.07) is 4.41. The summed E-state index contributed by atoms with van der Waals surface area (Å²) in [5.74, 6) is 0.654. The zero-order chi connectivity index (χ0) is 21.8. The lowest BCUT2D eigenvalue weighted by Crippen LogP contribution is -2.51. The number of H-pyrrole nitrogens is 1. The second kappa shape index (κ2) is 9.06. The molecular weight excluding hydrogens is 386 g/mol. The van der Waals surface area contributed by atoms with Gasteiger partial charge in [0.2, 0.25) is 5.91 Å². The molecule has 0 aliphatic carbocycles. The third kappa shape index (κ3) is 4.34. The van der Waals surface area contributed by atoms with Crippen LogP contribution in [0.4, 0.5) is 10.5 Å². The number of likely N-dealkylation sites (tertiary alicyclic amines) is 1. The highest BCUT2D eigenvalue weighted by Crippen LogP contribution is 2.34. The van der Waals surface area contributed by atoms with E-state index in [2.05, 4.69) is 25.3 Å². The Morgan fingerprint density at radius 3 is 2.80 bits per heavy atom. The Labute approximate surface area is 175 Å². The van der Waals surface area contributed by atoms with E-state index in [1.165, 1.54) is 7.11 Å². The van der Waals surface area contributed by atoms with E-state index in [-0.39, 0.29) is 23.6 Å². The number of methoxy groups -OCH3 is 1. The number of hydrogen-bond donors (Lipinski definition) is 4. The summed E-state index contributed by atoms with van der Waals surface area (Å²) < 4.78 is 4.67. The van der Waals surface area contributed by atoms with Gasteiger partial charge in [-0.25, -0.2) is 9.78 Å². The van der Waals surface area contributed by atoms with E-state index in [4.69, 9.17) is 0 Å². The number of aromatic amines is 1. The number of nitrogens with one attached hydrogen (secondary N) is 3. The molecule has 0 bridgehead atoms. The minimum Gasteiger partial charge on any atom is -0.506 e. The van der Waals surface area contributed by atoms with Gasteiger partial charge < -0.3 is 30.4 Å². The molecule has 1 fully saturated rings. The first-order valence-corrected chi connectivity index (χ1v) is 10.1. The molecular formula is C21H29N5O4. The van der Waals surface area contributed by atoms with E-state index in [9.17, 15) is 14.7 Å². The van der Waals surface area contributed by atoms with Gasteiger partial charge in [0.1, 0.15) is 17.6 Å². The highest BCUT2D eigenvalue weighted by molar-refractivity contribution is 5.86. The van der Waals surface area contributed by atoms with Crippen molar-refractivity contribution in [1.29, 1.82) is 0 Å². The maximum absolute atomic E-state index is 13.2. The van der Waals surface area contributed by atoms with E-state index >= 15 is 0 Å². The van der Waals surface area contributed by atoms with Crippen molar-refractivity contribution in [3.05, 3.63) is 30.2 Å². The molecule has 2 amide bonds. The topological polar surface area (TPSA) is 120 Å². The average molecular weight is 415 g/mol. The number of phenolic OH excluding ortho intramolecular Hbond substituents is 1. The molecule has 0 saturated carbocycles. The predicted octanol–water partition coefficient (Wildman–Crippen LogP) is 2.87. The molecule has 0 unspecified atom stereocenters. The van der Waals surface area contributed by atoms with Gasteiger partial charge in [-0.1, -0.05) is 13.8 Å². The molecule has 9 nitrogen and oxygen atoms in total. The van der Waals surface area contributed by atoms with E-state index < -0.39 is 12.1 Å². The molecule has 0 radical (unpaired) electrons. The average Bonchev–Trinajstić information content (AvgIpc) is 3.40. The Morgan fingerprint density at radius 1 is 1.37 bits per heavy atom. The van der Waals surface area contributed by atoms with Crippen LogP contribution >= 0.6 is 0 Å². The van der Waals surface area contributed by atoms with Gasteiger partial charge in [-0.3, -0.25) is 4.79 Å². The maximum atomic E-state index is 13.2. The van der Waals surface area contributed by atoms with Crippen LogP contribution in [0.2, 0.25) is 0 Å². The second-order valence-corrected chi connectivity index (χ2v) is 7.71. The third-order valence-corrected chi connectivity index (χ3v) is 5.42. The summed E-state index contributed by atoms with van der Waals surface area (Å²) in [5.41, 5.74) is 2.29. The number of hydrogen-bond acceptors (Lipinski definition) is 6. The molecule has 1 aromatic carbocycles. The number of aromatic nitrogens is 2. The van der Waals surface area contributed by atoms with Crippen molar-refractivity contribution in [2.24, 2.45) is 5.92 Å². The van der Waals surface area contributed by atoms with Crippen molar-refractivity contribution in [1.82, 2.24) is 20.2 Å². The standard InChI is InChI=1S/C21H29N5O4/c1-12(2)18(25-21(29)30-4)20(28)26-9-5-6-16(26)19-23-11-15(24-19)13-7-8-17(27)14(10-13)22-3/h7-8,10-12,16,18,22,27H,5-6,9H2,1-4H3,(H,23,24)(H,25,29)/t16-,18-/m0/s1. The Hall–Kier alpha value is -3.23. The monoisotopic (exact) mass is 415 g/mol. The summed E-state index contributed by atoms with van der Waals surface area (Å²) >= 11 is 0. The lowest BCUT2D eigenvalue weighted by atomic mass is 10.0. The number of imidazole rings is 1. The second-order valence-electron chi connectivity index (χ2n) is 7.71. The van der Waals surface area contributed by atoms with Crippen LogP contribution in [0.3, 0.4) is 0 Å². The molecule has 1 saturated heterocycles. The van der Waals surface area contributed by atoms with Gasteiger partial charge >= 0.3 is 6.09 Å². The number of anilines is 1. The number of carbonyl (C=O) groups is 2. The van der Waals surface area contributed by atoms with Crippen molar-refractivity contribution in [3.63, 3.8) is 0 Å². The molecule has 1 aromatic heterocycles. The zero-order valence-corrected chi connectivity index (χ0v) is 17.7. The Morgan fingerprint density at radius 2 is 2.13 bits per heavy atom. The molecule has 2 atom stereocenters. The fourth-order valence-corrected chi connectivity index (χ4v) is 3.75. The van der Waals surface area contributed by atoms with Crippen molar-refractivity contribution in [2.75, 3.05) is 26.0 Å². The minimum absolute atomic E-state index is 0.0815. The molecule has 1 aliphatic heterocycles. The fraction of sp³-hybridized carbons (Fsp3) is 0.476. The lowest BCUT2D eigenvalue weighted by molar-refractivity contribution is -0.135. The number of ether oxygens (including phenoxy) is 1. The van der Waals surface area contributed by atoms with Gasteiger partial charge in [0, 0.05) is 19.2 Å². The number of rotatable bonds is 6. The largest absolute Gasteiger partial charge is 0.506 e. The Kier molecular flexibility index (Phi) is 6.49. The zero-order valence-electron chi connectivity index (χ0n) is 17.7. The van der Waals surface area contributed by atoms with Crippen LogP contribution in [0.15, 0.2) is 24.4 Å². The number of amides is 2. The number of benzene rings is 1. The van der Waals surface area contributed by atoms with Crippen LogP contribution in [0, 0.1) is 5.92 Å². The van der Waals surface area contributed by atoms with Crippen LogP contribution in [0.1, 0.15) is 38.6 Å². The van der Waals surface area contributed by atoms with Gasteiger partial charge in [-0.2, -0.15) is 0 Å². The molecule has 162 valence electrons. The van der Waals surface area contributed by atoms with Crippen LogP contribution in [-0.4, -0.2) is 58.7 Å². The molecule has 2 heterocycles. The number of alkyl carbamates (subject to hydrolysis) is 1. The molecule has 3 rings (SSSR count). The summed E-state index contributed by atoms with van der Waals surface area (Å²) in [4.78, 5) is 34.5. The molecule has 4 N–H and O–H groups in total. The number of nitrogens with zero attached hydrogens (tertiary/aromatic N) is 2.